The summed E-state index contributed by atoms with van der Waals surface area (Å²) in [5.74, 6) is -0.0565. The third kappa shape index (κ3) is 3.45. The van der Waals surface area contributed by atoms with Crippen LogP contribution in [0.25, 0.3) is 0 Å². The second-order valence-corrected chi connectivity index (χ2v) is 7.22. The molecule has 0 saturated carbocycles. The number of anilines is 1. The number of amides is 2. The first-order valence-corrected chi connectivity index (χ1v) is 8.91. The number of nitrogens with zero attached hydrogens (tertiary/aromatic N) is 1. The Hall–Kier alpha value is -1.89. The molecule has 7 heteroatoms. The Morgan fingerprint density at radius 3 is 2.96 bits per heavy atom. The largest absolute Gasteiger partial charge is 0.442 e. The van der Waals surface area contributed by atoms with Crippen LogP contribution in [-0.4, -0.2) is 41.8 Å². The van der Waals surface area contributed by atoms with E-state index in [4.69, 9.17) is 4.74 Å². The summed E-state index contributed by atoms with van der Waals surface area (Å²) >= 11 is 3.44. The number of alkyl halides is 1. The fraction of sp³-hybridized carbons (Fsp3) is 0.471. The summed E-state index contributed by atoms with van der Waals surface area (Å²) in [6.45, 7) is 2.11. The number of carbonyl (C=O) groups is 3. The van der Waals surface area contributed by atoms with Gasteiger partial charge < -0.3 is 10.1 Å². The molecular weight excluding hydrogens is 376 g/mol. The summed E-state index contributed by atoms with van der Waals surface area (Å²) in [5, 5.41) is 2.66. The van der Waals surface area contributed by atoms with E-state index in [1.807, 2.05) is 6.07 Å². The van der Waals surface area contributed by atoms with E-state index < -0.39 is 6.09 Å². The molecule has 0 radical (unpaired) electrons. The van der Waals surface area contributed by atoms with Crippen molar-refractivity contribution in [1.82, 2.24) is 5.32 Å². The van der Waals surface area contributed by atoms with E-state index in [1.54, 1.807) is 17.0 Å². The van der Waals surface area contributed by atoms with Crippen LogP contribution in [0.4, 0.5) is 10.5 Å². The first-order chi connectivity index (χ1) is 11.5. The van der Waals surface area contributed by atoms with E-state index in [2.05, 4.69) is 21.2 Å². The Labute approximate surface area is 148 Å². The molecular formula is C17H19BrN2O4. The fourth-order valence-corrected chi connectivity index (χ4v) is 3.63. The number of Topliss-reactive ketones (excluding diaryl/α,β-unsaturated/α-hetero) is 1. The number of aryl methyl sites for hydroxylation is 1. The second-order valence-electron chi connectivity index (χ2n) is 6.12. The molecule has 1 heterocycles. The molecule has 128 valence electrons. The number of rotatable bonds is 3. The molecule has 0 aromatic heterocycles. The third-order valence-electron chi connectivity index (χ3n) is 4.31. The lowest BCUT2D eigenvalue weighted by molar-refractivity contribution is -0.119. The van der Waals surface area contributed by atoms with Crippen LogP contribution in [0.5, 0.6) is 0 Å². The van der Waals surface area contributed by atoms with Gasteiger partial charge in [0.25, 0.3) is 0 Å². The van der Waals surface area contributed by atoms with Gasteiger partial charge in [-0.25, -0.2) is 4.79 Å². The van der Waals surface area contributed by atoms with Gasteiger partial charge in [0, 0.05) is 18.2 Å². The average Bonchev–Trinajstić information content (AvgIpc) is 2.86. The molecule has 1 aliphatic carbocycles. The Balaban J connectivity index is 1.78. The maximum absolute atomic E-state index is 12.3. The highest BCUT2D eigenvalue weighted by atomic mass is 79.9. The van der Waals surface area contributed by atoms with E-state index in [9.17, 15) is 14.4 Å². The second kappa shape index (κ2) is 6.93. The summed E-state index contributed by atoms with van der Waals surface area (Å²) in [4.78, 5) is 36.8. The molecule has 24 heavy (non-hydrogen) atoms. The molecule has 1 unspecified atom stereocenters. The number of hydrogen-bond acceptors (Lipinski definition) is 4. The van der Waals surface area contributed by atoms with Gasteiger partial charge in [-0.1, -0.05) is 15.9 Å². The minimum atomic E-state index is -0.427. The molecule has 1 aromatic carbocycles. The van der Waals surface area contributed by atoms with E-state index in [1.165, 1.54) is 6.92 Å². The minimum Gasteiger partial charge on any atom is -0.442 e. The Bertz CT molecular complexity index is 691. The van der Waals surface area contributed by atoms with Crippen LogP contribution in [-0.2, 0) is 16.0 Å². The smallest absolute Gasteiger partial charge is 0.414 e. The molecule has 1 aromatic rings. The van der Waals surface area contributed by atoms with Crippen molar-refractivity contribution in [3.63, 3.8) is 0 Å². The van der Waals surface area contributed by atoms with Crippen molar-refractivity contribution in [2.75, 3.05) is 18.0 Å². The lowest BCUT2D eigenvalue weighted by atomic mass is 10.0. The van der Waals surface area contributed by atoms with Gasteiger partial charge in [-0.3, -0.25) is 14.5 Å². The van der Waals surface area contributed by atoms with Gasteiger partial charge in [0.15, 0.2) is 5.78 Å². The first kappa shape index (κ1) is 17.0. The average molecular weight is 395 g/mol. The molecule has 0 spiro atoms. The number of nitrogens with one attached hydrogen (secondary N) is 1. The van der Waals surface area contributed by atoms with Crippen LogP contribution in [0.1, 0.15) is 35.7 Å². The molecule has 1 N–H and O–H groups in total. The van der Waals surface area contributed by atoms with Crippen molar-refractivity contribution >= 4 is 39.4 Å². The molecule has 6 nitrogen and oxygen atoms in total. The highest BCUT2D eigenvalue weighted by Crippen LogP contribution is 2.30. The standard InChI is InChI=1S/C17H19BrN2O4/c1-10(21)19-8-13-9-20(17(23)24-13)12-5-6-14-11(7-12)3-2-4-15(18)16(14)22/h5-7,13,15H,2-4,8-9H2,1H3,(H,19,21)/t13?,15-/m0/s1. The molecule has 0 bridgehead atoms. The summed E-state index contributed by atoms with van der Waals surface area (Å²) in [6.07, 6.45) is 1.76. The van der Waals surface area contributed by atoms with Crippen molar-refractivity contribution < 1.29 is 19.1 Å². The van der Waals surface area contributed by atoms with Gasteiger partial charge >= 0.3 is 6.09 Å². The maximum Gasteiger partial charge on any atom is 0.414 e. The van der Waals surface area contributed by atoms with E-state index in [0.717, 1.165) is 36.1 Å². The normalized spacial score (nSPS) is 23.5. The van der Waals surface area contributed by atoms with Gasteiger partial charge in [-0.05, 0) is 43.0 Å². The molecule has 2 atom stereocenters. The molecule has 2 aliphatic rings. The van der Waals surface area contributed by atoms with Crippen molar-refractivity contribution in [3.05, 3.63) is 29.3 Å². The Morgan fingerprint density at radius 2 is 2.21 bits per heavy atom. The van der Waals surface area contributed by atoms with Gasteiger partial charge in [0.05, 0.1) is 17.9 Å². The third-order valence-corrected chi connectivity index (χ3v) is 5.18. The van der Waals surface area contributed by atoms with Gasteiger partial charge in [-0.15, -0.1) is 0 Å². The van der Waals surface area contributed by atoms with Crippen LogP contribution in [0.3, 0.4) is 0 Å². The topological polar surface area (TPSA) is 75.7 Å². The van der Waals surface area contributed by atoms with Crippen LogP contribution in [0.2, 0.25) is 0 Å². The maximum atomic E-state index is 12.3. The number of halogens is 1. The van der Waals surface area contributed by atoms with Crippen LogP contribution in [0.15, 0.2) is 18.2 Å². The first-order valence-electron chi connectivity index (χ1n) is 7.99. The predicted molar refractivity (Wildman–Crippen MR) is 92.7 cm³/mol. The highest BCUT2D eigenvalue weighted by molar-refractivity contribution is 9.10. The van der Waals surface area contributed by atoms with E-state index in [0.29, 0.717) is 13.1 Å². The summed E-state index contributed by atoms with van der Waals surface area (Å²) in [7, 11) is 0. The predicted octanol–water partition coefficient (Wildman–Crippen LogP) is 2.43. The number of cyclic esters (lactones) is 1. The zero-order valence-electron chi connectivity index (χ0n) is 13.4. The molecule has 1 fully saturated rings. The SMILES string of the molecule is CC(=O)NCC1CN(c2ccc3c(c2)CCC[C@H](Br)C3=O)C(=O)O1. The summed E-state index contributed by atoms with van der Waals surface area (Å²) < 4.78 is 5.28. The molecule has 1 aliphatic heterocycles. The van der Waals surface area contributed by atoms with Crippen LogP contribution >= 0.6 is 15.9 Å². The Morgan fingerprint density at radius 1 is 1.42 bits per heavy atom. The van der Waals surface area contributed by atoms with Gasteiger partial charge in [0.1, 0.15) is 6.10 Å². The van der Waals surface area contributed by atoms with E-state index in [-0.39, 0.29) is 22.6 Å². The quantitative estimate of drug-likeness (QED) is 0.630. The lowest BCUT2D eigenvalue weighted by Gasteiger charge is -2.16. The molecule has 2 amide bonds. The van der Waals surface area contributed by atoms with E-state index >= 15 is 0 Å². The van der Waals surface area contributed by atoms with Gasteiger partial charge in [0.2, 0.25) is 5.91 Å². The fourth-order valence-electron chi connectivity index (χ4n) is 3.06. The number of benzene rings is 1. The molecule has 3 rings (SSSR count). The van der Waals surface area contributed by atoms with Crippen molar-refractivity contribution in [2.24, 2.45) is 0 Å². The number of ketones is 1. The summed E-state index contributed by atoms with van der Waals surface area (Å²) in [5.41, 5.74) is 2.42. The van der Waals surface area contributed by atoms with Crippen molar-refractivity contribution in [2.45, 2.75) is 37.1 Å². The van der Waals surface area contributed by atoms with Crippen molar-refractivity contribution in [1.29, 1.82) is 0 Å². The zero-order valence-corrected chi connectivity index (χ0v) is 15.0. The number of hydrogen-bond donors (Lipinski definition) is 1. The van der Waals surface area contributed by atoms with Gasteiger partial charge in [-0.2, -0.15) is 0 Å². The lowest BCUT2D eigenvalue weighted by Crippen LogP contribution is -2.33. The van der Waals surface area contributed by atoms with Crippen molar-refractivity contribution in [3.8, 4) is 0 Å². The minimum absolute atomic E-state index is 0.0987. The van der Waals surface area contributed by atoms with Crippen LogP contribution < -0.4 is 10.2 Å². The monoisotopic (exact) mass is 394 g/mol. The zero-order chi connectivity index (χ0) is 17.3. The van der Waals surface area contributed by atoms with Crippen LogP contribution in [0, 0.1) is 0 Å². The number of carbonyl (C=O) groups excluding carboxylic acids is 3. The number of fused-ring (bicyclic) bond motifs is 1. The Kier molecular flexibility index (Phi) is 4.89. The highest BCUT2D eigenvalue weighted by Gasteiger charge is 2.33. The molecule has 1 saturated heterocycles. The number of ether oxygens (including phenoxy) is 1. The summed E-state index contributed by atoms with van der Waals surface area (Å²) in [6, 6.07) is 5.48.